The van der Waals surface area contributed by atoms with E-state index in [1.165, 1.54) is 68.0 Å². The first-order chi connectivity index (χ1) is 12.8. The van der Waals surface area contributed by atoms with E-state index in [4.69, 9.17) is 4.74 Å². The molecule has 2 heterocycles. The molecule has 0 saturated carbocycles. The summed E-state index contributed by atoms with van der Waals surface area (Å²) in [6.07, 6.45) is 10.2. The molecule has 1 aromatic carbocycles. The molecule has 0 amide bonds. The van der Waals surface area contributed by atoms with Crippen molar-refractivity contribution in [2.75, 3.05) is 29.6 Å². The molecule has 2 fully saturated rings. The summed E-state index contributed by atoms with van der Waals surface area (Å²) in [5.74, 6) is 8.17. The zero-order valence-corrected chi connectivity index (χ0v) is 18.0. The second kappa shape index (κ2) is 10.8. The molecule has 0 aliphatic carbocycles. The van der Waals surface area contributed by atoms with Crippen LogP contribution in [0, 0.1) is 5.82 Å². The lowest BCUT2D eigenvalue weighted by molar-refractivity contribution is 0.302. The number of unbranched alkanes of at least 4 members (excludes halogenated alkanes) is 3. The molecule has 3 rings (SSSR count). The largest absolute Gasteiger partial charge is 0.493 e. The van der Waals surface area contributed by atoms with Crippen LogP contribution in [-0.2, 0) is 33.3 Å². The SMILES string of the molecule is CCCCCCOc1cc(C[S+]2CCCC2)c(F)cc1C[S+]1CCCC1. The maximum Gasteiger partial charge on any atom is 0.136 e. The first-order valence-corrected chi connectivity index (χ1v) is 13.9. The smallest absolute Gasteiger partial charge is 0.136 e. The van der Waals surface area contributed by atoms with Crippen molar-refractivity contribution in [2.24, 2.45) is 0 Å². The van der Waals surface area contributed by atoms with Crippen molar-refractivity contribution < 1.29 is 9.13 Å². The van der Waals surface area contributed by atoms with Crippen molar-refractivity contribution in [3.63, 3.8) is 0 Å². The maximum atomic E-state index is 14.8. The fourth-order valence-electron chi connectivity index (χ4n) is 3.86. The Morgan fingerprint density at radius 1 is 0.846 bits per heavy atom. The highest BCUT2D eigenvalue weighted by Crippen LogP contribution is 2.30. The summed E-state index contributed by atoms with van der Waals surface area (Å²) in [6.45, 7) is 3.01. The predicted molar refractivity (Wildman–Crippen MR) is 116 cm³/mol. The summed E-state index contributed by atoms with van der Waals surface area (Å²) in [5.41, 5.74) is 2.03. The maximum absolute atomic E-state index is 14.8. The van der Waals surface area contributed by atoms with E-state index >= 15 is 0 Å². The number of hydrogen-bond acceptors (Lipinski definition) is 1. The zero-order valence-electron chi connectivity index (χ0n) is 16.4. The lowest BCUT2D eigenvalue weighted by Crippen LogP contribution is -2.12. The van der Waals surface area contributed by atoms with Crippen molar-refractivity contribution in [2.45, 2.75) is 69.8 Å². The van der Waals surface area contributed by atoms with Gasteiger partial charge in [0.15, 0.2) is 0 Å². The standard InChI is InChI=1S/C22H35FOS2/c1-2-3-4-5-10-24-22-16-19(17-25-11-6-7-12-25)21(23)15-20(22)18-26-13-8-9-14-26/h15-16H,2-14,17-18H2,1H3/q+2. The van der Waals surface area contributed by atoms with E-state index in [2.05, 4.69) is 13.0 Å². The molecular formula is C22H35FOS2+2. The van der Waals surface area contributed by atoms with Crippen molar-refractivity contribution in [3.05, 3.63) is 29.1 Å². The molecule has 0 radical (unpaired) electrons. The Labute approximate surface area is 165 Å². The molecular weight excluding hydrogens is 363 g/mol. The molecule has 4 heteroatoms. The minimum Gasteiger partial charge on any atom is -0.493 e. The molecule has 26 heavy (non-hydrogen) atoms. The monoisotopic (exact) mass is 398 g/mol. The van der Waals surface area contributed by atoms with Crippen LogP contribution in [-0.4, -0.2) is 29.6 Å². The van der Waals surface area contributed by atoms with Gasteiger partial charge in [-0.2, -0.15) is 0 Å². The Morgan fingerprint density at radius 3 is 2.08 bits per heavy atom. The van der Waals surface area contributed by atoms with Gasteiger partial charge in [-0.25, -0.2) is 4.39 Å². The number of benzene rings is 1. The van der Waals surface area contributed by atoms with Crippen LogP contribution in [0.25, 0.3) is 0 Å². The van der Waals surface area contributed by atoms with Gasteiger partial charge in [0, 0.05) is 11.1 Å². The number of halogens is 1. The van der Waals surface area contributed by atoms with Crippen LogP contribution >= 0.6 is 0 Å². The zero-order chi connectivity index (χ0) is 18.2. The summed E-state index contributed by atoms with van der Waals surface area (Å²) in [7, 11) is 0.826. The molecule has 2 aliphatic heterocycles. The summed E-state index contributed by atoms with van der Waals surface area (Å²) in [5, 5.41) is 0. The molecule has 1 aromatic rings. The topological polar surface area (TPSA) is 9.23 Å². The molecule has 146 valence electrons. The van der Waals surface area contributed by atoms with Gasteiger partial charge in [0.05, 0.1) is 6.61 Å². The van der Waals surface area contributed by atoms with Gasteiger partial charge in [0.1, 0.15) is 46.1 Å². The predicted octanol–water partition coefficient (Wildman–Crippen LogP) is 5.61. The first kappa shape index (κ1) is 20.4. The van der Waals surface area contributed by atoms with Crippen LogP contribution in [0.1, 0.15) is 69.4 Å². The molecule has 0 aromatic heterocycles. The molecule has 2 saturated heterocycles. The average molecular weight is 399 g/mol. The van der Waals surface area contributed by atoms with E-state index in [-0.39, 0.29) is 5.82 Å². The van der Waals surface area contributed by atoms with Crippen LogP contribution in [0.2, 0.25) is 0 Å². The Balaban J connectivity index is 1.68. The summed E-state index contributed by atoms with van der Waals surface area (Å²) >= 11 is 0. The molecule has 0 N–H and O–H groups in total. The van der Waals surface area contributed by atoms with Gasteiger partial charge in [0.2, 0.25) is 0 Å². The van der Waals surface area contributed by atoms with Crippen LogP contribution in [0.4, 0.5) is 4.39 Å². The lowest BCUT2D eigenvalue weighted by Gasteiger charge is -2.14. The van der Waals surface area contributed by atoms with E-state index in [9.17, 15) is 4.39 Å². The van der Waals surface area contributed by atoms with Crippen LogP contribution in [0.3, 0.4) is 0 Å². The Hall–Kier alpha value is -0.350. The highest BCUT2D eigenvalue weighted by atomic mass is 32.2. The van der Waals surface area contributed by atoms with E-state index < -0.39 is 0 Å². The highest BCUT2D eigenvalue weighted by Gasteiger charge is 2.29. The van der Waals surface area contributed by atoms with Crippen LogP contribution in [0.15, 0.2) is 12.1 Å². The first-order valence-electron chi connectivity index (χ1n) is 10.5. The fraction of sp³-hybridized carbons (Fsp3) is 0.727. The van der Waals surface area contributed by atoms with Gasteiger partial charge in [-0.1, -0.05) is 26.2 Å². The van der Waals surface area contributed by atoms with Gasteiger partial charge in [-0.05, 0) is 66.0 Å². The van der Waals surface area contributed by atoms with E-state index in [1.807, 2.05) is 6.07 Å². The molecule has 0 bridgehead atoms. The molecule has 0 spiro atoms. The van der Waals surface area contributed by atoms with E-state index in [1.54, 1.807) is 0 Å². The number of ether oxygens (including phenoxy) is 1. The Morgan fingerprint density at radius 2 is 1.46 bits per heavy atom. The molecule has 0 unspecified atom stereocenters. The third-order valence-corrected chi connectivity index (χ3v) is 10.3. The Bertz CT molecular complexity index is 551. The lowest BCUT2D eigenvalue weighted by atomic mass is 10.1. The Kier molecular flexibility index (Phi) is 8.51. The van der Waals surface area contributed by atoms with E-state index in [0.717, 1.165) is 41.4 Å². The third-order valence-electron chi connectivity index (χ3n) is 5.44. The average Bonchev–Trinajstić information content (AvgIpc) is 3.32. The van der Waals surface area contributed by atoms with Crippen molar-refractivity contribution in [1.82, 2.24) is 0 Å². The second-order valence-electron chi connectivity index (χ2n) is 7.70. The van der Waals surface area contributed by atoms with Crippen LogP contribution in [0.5, 0.6) is 5.75 Å². The molecule has 1 nitrogen and oxygen atoms in total. The summed E-state index contributed by atoms with van der Waals surface area (Å²) < 4.78 is 21.0. The minimum absolute atomic E-state index is 0.0144. The highest BCUT2D eigenvalue weighted by molar-refractivity contribution is 7.96. The third kappa shape index (κ3) is 6.09. The summed E-state index contributed by atoms with van der Waals surface area (Å²) in [4.78, 5) is 0. The second-order valence-corrected chi connectivity index (χ2v) is 12.4. The molecule has 2 aliphatic rings. The fourth-order valence-corrected chi connectivity index (χ4v) is 8.62. The quantitative estimate of drug-likeness (QED) is 0.368. The van der Waals surface area contributed by atoms with Crippen molar-refractivity contribution >= 4 is 21.8 Å². The minimum atomic E-state index is 0.0144. The van der Waals surface area contributed by atoms with Crippen molar-refractivity contribution in [1.29, 1.82) is 0 Å². The summed E-state index contributed by atoms with van der Waals surface area (Å²) in [6, 6.07) is 3.89. The van der Waals surface area contributed by atoms with Gasteiger partial charge in [-0.3, -0.25) is 0 Å². The normalized spacial score (nSPS) is 18.7. The van der Waals surface area contributed by atoms with Crippen molar-refractivity contribution in [3.8, 4) is 5.75 Å². The van der Waals surface area contributed by atoms with E-state index in [0.29, 0.717) is 21.8 Å². The van der Waals surface area contributed by atoms with Gasteiger partial charge >= 0.3 is 0 Å². The van der Waals surface area contributed by atoms with Gasteiger partial charge < -0.3 is 4.74 Å². The van der Waals surface area contributed by atoms with Gasteiger partial charge in [0.25, 0.3) is 0 Å². The van der Waals surface area contributed by atoms with Crippen LogP contribution < -0.4 is 4.74 Å². The number of hydrogen-bond donors (Lipinski definition) is 0. The van der Waals surface area contributed by atoms with Gasteiger partial charge in [-0.15, -0.1) is 0 Å². The number of rotatable bonds is 10. The molecule has 0 atom stereocenters.